The molecule has 1 unspecified atom stereocenters. The van der Waals surface area contributed by atoms with Crippen molar-refractivity contribution in [2.75, 3.05) is 33.7 Å². The fourth-order valence-electron chi connectivity index (χ4n) is 2.93. The highest BCUT2D eigenvalue weighted by atomic mass is 32.1. The number of fused-ring (bicyclic) bond motifs is 1. The Morgan fingerprint density at radius 2 is 2.18 bits per heavy atom. The van der Waals surface area contributed by atoms with Crippen LogP contribution >= 0.6 is 11.3 Å². The molecular formula is C17H23N3OS. The number of thiophene rings is 1. The van der Waals surface area contributed by atoms with Crippen LogP contribution in [0.3, 0.4) is 0 Å². The van der Waals surface area contributed by atoms with Gasteiger partial charge in [0, 0.05) is 43.3 Å². The van der Waals surface area contributed by atoms with Crippen molar-refractivity contribution in [2.45, 2.75) is 19.0 Å². The number of rotatable bonds is 4. The van der Waals surface area contributed by atoms with Gasteiger partial charge in [-0.25, -0.2) is 0 Å². The van der Waals surface area contributed by atoms with Crippen molar-refractivity contribution in [2.24, 2.45) is 0 Å². The van der Waals surface area contributed by atoms with Gasteiger partial charge in [-0.2, -0.15) is 0 Å². The largest absolute Gasteiger partial charge is 0.352 e. The monoisotopic (exact) mass is 317 g/mol. The first-order valence-electron chi connectivity index (χ1n) is 7.73. The van der Waals surface area contributed by atoms with Crippen LogP contribution in [0.2, 0.25) is 0 Å². The van der Waals surface area contributed by atoms with Gasteiger partial charge in [0.25, 0.3) is 0 Å². The van der Waals surface area contributed by atoms with E-state index in [-0.39, 0.29) is 5.91 Å². The molecule has 1 aromatic carbocycles. The standard InChI is InChI=1S/C17H23N3OS/c1-19-6-7-20(2)15(12-19)10-17(21)18-11-13-3-4-16-14(9-13)5-8-22-16/h3-5,8-9,15H,6-7,10-12H2,1-2H3,(H,18,21). The quantitative estimate of drug-likeness (QED) is 0.938. The minimum Gasteiger partial charge on any atom is -0.352 e. The summed E-state index contributed by atoms with van der Waals surface area (Å²) >= 11 is 1.75. The summed E-state index contributed by atoms with van der Waals surface area (Å²) in [6, 6.07) is 8.83. The maximum atomic E-state index is 12.2. The highest BCUT2D eigenvalue weighted by Gasteiger charge is 2.24. The number of carbonyl (C=O) groups excluding carboxylic acids is 1. The average molecular weight is 317 g/mol. The van der Waals surface area contributed by atoms with E-state index in [4.69, 9.17) is 0 Å². The minimum atomic E-state index is 0.137. The van der Waals surface area contributed by atoms with E-state index in [0.717, 1.165) is 25.2 Å². The van der Waals surface area contributed by atoms with Crippen LogP contribution in [0, 0.1) is 0 Å². The minimum absolute atomic E-state index is 0.137. The maximum absolute atomic E-state index is 12.2. The van der Waals surface area contributed by atoms with Crippen LogP contribution in [-0.2, 0) is 11.3 Å². The lowest BCUT2D eigenvalue weighted by molar-refractivity contribution is -0.122. The fourth-order valence-corrected chi connectivity index (χ4v) is 3.71. The molecule has 1 aliphatic heterocycles. The number of hydrogen-bond acceptors (Lipinski definition) is 4. The SMILES string of the molecule is CN1CCN(C)C(CC(=O)NCc2ccc3sccc3c2)C1. The van der Waals surface area contributed by atoms with Crippen molar-refractivity contribution in [3.63, 3.8) is 0 Å². The van der Waals surface area contributed by atoms with E-state index in [0.29, 0.717) is 19.0 Å². The summed E-state index contributed by atoms with van der Waals surface area (Å²) in [4.78, 5) is 16.8. The maximum Gasteiger partial charge on any atom is 0.221 e. The van der Waals surface area contributed by atoms with Gasteiger partial charge >= 0.3 is 0 Å². The van der Waals surface area contributed by atoms with Crippen molar-refractivity contribution in [1.82, 2.24) is 15.1 Å². The molecule has 1 fully saturated rings. The molecule has 2 heterocycles. The Morgan fingerprint density at radius 3 is 3.05 bits per heavy atom. The summed E-state index contributed by atoms with van der Waals surface area (Å²) in [7, 11) is 4.23. The topological polar surface area (TPSA) is 35.6 Å². The Labute approximate surface area is 135 Å². The first-order chi connectivity index (χ1) is 10.6. The molecule has 1 N–H and O–H groups in total. The number of nitrogens with one attached hydrogen (secondary N) is 1. The normalized spacial score (nSPS) is 20.4. The van der Waals surface area contributed by atoms with Crippen LogP contribution in [0.4, 0.5) is 0 Å². The Bertz CT molecular complexity index is 654. The summed E-state index contributed by atoms with van der Waals surface area (Å²) in [5.74, 6) is 0.137. The molecule has 0 spiro atoms. The van der Waals surface area contributed by atoms with Gasteiger partial charge in [0.05, 0.1) is 0 Å². The van der Waals surface area contributed by atoms with Crippen LogP contribution in [0.1, 0.15) is 12.0 Å². The van der Waals surface area contributed by atoms with Gasteiger partial charge in [-0.05, 0) is 48.6 Å². The Balaban J connectivity index is 1.53. The zero-order valence-corrected chi connectivity index (χ0v) is 14.0. The highest BCUT2D eigenvalue weighted by Crippen LogP contribution is 2.21. The Kier molecular flexibility index (Phi) is 4.76. The van der Waals surface area contributed by atoms with Gasteiger partial charge in [0.15, 0.2) is 0 Å². The lowest BCUT2D eigenvalue weighted by Crippen LogP contribution is -2.51. The summed E-state index contributed by atoms with van der Waals surface area (Å²) in [5, 5.41) is 6.41. The second-order valence-electron chi connectivity index (χ2n) is 6.17. The number of carbonyl (C=O) groups is 1. The van der Waals surface area contributed by atoms with E-state index >= 15 is 0 Å². The smallest absolute Gasteiger partial charge is 0.221 e. The van der Waals surface area contributed by atoms with Crippen molar-refractivity contribution in [1.29, 1.82) is 0 Å². The molecule has 0 saturated carbocycles. The number of likely N-dealkylation sites (N-methyl/N-ethyl adjacent to an activating group) is 2. The highest BCUT2D eigenvalue weighted by molar-refractivity contribution is 7.17. The molecule has 0 bridgehead atoms. The van der Waals surface area contributed by atoms with Gasteiger partial charge in [0.1, 0.15) is 0 Å². The van der Waals surface area contributed by atoms with Gasteiger partial charge in [0.2, 0.25) is 5.91 Å². The summed E-state index contributed by atoms with van der Waals surface area (Å²) in [5.41, 5.74) is 1.16. The molecule has 2 aromatic rings. The third-order valence-electron chi connectivity index (χ3n) is 4.41. The van der Waals surface area contributed by atoms with E-state index in [1.54, 1.807) is 11.3 Å². The van der Waals surface area contributed by atoms with E-state index < -0.39 is 0 Å². The fraction of sp³-hybridized carbons (Fsp3) is 0.471. The molecule has 4 nitrogen and oxygen atoms in total. The average Bonchev–Trinajstić information content (AvgIpc) is 2.96. The van der Waals surface area contributed by atoms with Crippen LogP contribution in [0.25, 0.3) is 10.1 Å². The zero-order valence-electron chi connectivity index (χ0n) is 13.2. The van der Waals surface area contributed by atoms with Gasteiger partial charge in [-0.15, -0.1) is 11.3 Å². The van der Waals surface area contributed by atoms with E-state index in [2.05, 4.69) is 58.9 Å². The van der Waals surface area contributed by atoms with Crippen LogP contribution < -0.4 is 5.32 Å². The molecule has 0 radical (unpaired) electrons. The second-order valence-corrected chi connectivity index (χ2v) is 7.12. The lowest BCUT2D eigenvalue weighted by Gasteiger charge is -2.37. The molecule has 1 atom stereocenters. The molecule has 118 valence electrons. The summed E-state index contributed by atoms with van der Waals surface area (Å²) in [6.45, 7) is 3.68. The van der Waals surface area contributed by atoms with Crippen molar-refractivity contribution >= 4 is 27.3 Å². The molecule has 22 heavy (non-hydrogen) atoms. The lowest BCUT2D eigenvalue weighted by atomic mass is 10.1. The van der Waals surface area contributed by atoms with Crippen LogP contribution in [0.15, 0.2) is 29.6 Å². The first kappa shape index (κ1) is 15.5. The third kappa shape index (κ3) is 3.66. The number of benzene rings is 1. The first-order valence-corrected chi connectivity index (χ1v) is 8.61. The van der Waals surface area contributed by atoms with Crippen molar-refractivity contribution in [3.05, 3.63) is 35.2 Å². The molecule has 1 saturated heterocycles. The third-order valence-corrected chi connectivity index (χ3v) is 5.31. The Hall–Kier alpha value is -1.43. The molecule has 1 aromatic heterocycles. The van der Waals surface area contributed by atoms with Crippen molar-refractivity contribution < 1.29 is 4.79 Å². The van der Waals surface area contributed by atoms with E-state index in [1.807, 2.05) is 0 Å². The second kappa shape index (κ2) is 6.77. The van der Waals surface area contributed by atoms with E-state index in [9.17, 15) is 4.79 Å². The van der Waals surface area contributed by atoms with Crippen molar-refractivity contribution in [3.8, 4) is 0 Å². The number of hydrogen-bond donors (Lipinski definition) is 1. The molecule has 0 aliphatic carbocycles. The molecule has 1 aliphatic rings. The predicted octanol–water partition coefficient (Wildman–Crippen LogP) is 2.15. The summed E-state index contributed by atoms with van der Waals surface area (Å²) < 4.78 is 1.29. The van der Waals surface area contributed by atoms with Gasteiger partial charge in [-0.3, -0.25) is 4.79 Å². The molecule has 5 heteroatoms. The van der Waals surface area contributed by atoms with Crippen LogP contribution in [0.5, 0.6) is 0 Å². The Morgan fingerprint density at radius 1 is 1.32 bits per heavy atom. The van der Waals surface area contributed by atoms with Gasteiger partial charge in [-0.1, -0.05) is 6.07 Å². The predicted molar refractivity (Wildman–Crippen MR) is 92.2 cm³/mol. The number of piperazine rings is 1. The number of amides is 1. The van der Waals surface area contributed by atoms with E-state index in [1.165, 1.54) is 10.1 Å². The molecule has 3 rings (SSSR count). The number of nitrogens with zero attached hydrogens (tertiary/aromatic N) is 2. The summed E-state index contributed by atoms with van der Waals surface area (Å²) in [6.07, 6.45) is 0.571. The molecule has 1 amide bonds. The molecular weight excluding hydrogens is 294 g/mol. The van der Waals surface area contributed by atoms with Gasteiger partial charge < -0.3 is 15.1 Å². The zero-order chi connectivity index (χ0) is 15.5. The van der Waals surface area contributed by atoms with Crippen LogP contribution in [-0.4, -0.2) is 55.5 Å².